The molecule has 3 N–H and O–H groups in total. The number of benzene rings is 1. The standard InChI is InChI=1S/C19H20N2O5/c22-17-14(13-8-4-5-9-15(13)20-17)10-16(18(23)24)21-19(25)26-11-12-6-2-1-3-7-12/h2,4-9,14,16H,1,3,10-11H2,(H,20,22)(H,21,25)(H,23,24)/t14?,16-/m0/s1. The van der Waals surface area contributed by atoms with Crippen LogP contribution in [0.4, 0.5) is 10.5 Å². The number of hydrogen-bond donors (Lipinski definition) is 3. The van der Waals surface area contributed by atoms with Gasteiger partial charge in [-0.05, 0) is 36.5 Å². The van der Waals surface area contributed by atoms with Gasteiger partial charge in [-0.25, -0.2) is 9.59 Å². The zero-order valence-corrected chi connectivity index (χ0v) is 14.1. The molecule has 1 aliphatic carbocycles. The number of nitrogens with one attached hydrogen (secondary N) is 2. The number of alkyl carbamates (subject to hydrolysis) is 1. The lowest BCUT2D eigenvalue weighted by Crippen LogP contribution is -2.42. The molecule has 1 heterocycles. The molecular weight excluding hydrogens is 336 g/mol. The largest absolute Gasteiger partial charge is 0.480 e. The minimum absolute atomic E-state index is 0.0458. The van der Waals surface area contributed by atoms with E-state index in [0.29, 0.717) is 5.69 Å². The van der Waals surface area contributed by atoms with E-state index < -0.39 is 24.0 Å². The Labute approximate surface area is 150 Å². The van der Waals surface area contributed by atoms with Crippen molar-refractivity contribution in [2.75, 3.05) is 11.9 Å². The van der Waals surface area contributed by atoms with Crippen LogP contribution in [0.2, 0.25) is 0 Å². The van der Waals surface area contributed by atoms with Gasteiger partial charge in [0.1, 0.15) is 12.6 Å². The minimum atomic E-state index is -1.22. The van der Waals surface area contributed by atoms with Crippen LogP contribution in [0.1, 0.15) is 30.7 Å². The fourth-order valence-electron chi connectivity index (χ4n) is 3.07. The number of aliphatic carboxylic acids is 1. The number of carbonyl (C=O) groups is 3. The summed E-state index contributed by atoms with van der Waals surface area (Å²) in [6, 6.07) is 5.89. The first kappa shape index (κ1) is 17.7. The van der Waals surface area contributed by atoms with E-state index in [9.17, 15) is 19.5 Å². The summed E-state index contributed by atoms with van der Waals surface area (Å²) < 4.78 is 5.09. The third-order valence-corrected chi connectivity index (χ3v) is 4.41. The van der Waals surface area contributed by atoms with Crippen molar-refractivity contribution in [3.8, 4) is 0 Å². The molecule has 1 aliphatic heterocycles. The molecule has 0 saturated carbocycles. The lowest BCUT2D eigenvalue weighted by molar-refractivity contribution is -0.139. The highest BCUT2D eigenvalue weighted by molar-refractivity contribution is 6.03. The van der Waals surface area contributed by atoms with E-state index in [2.05, 4.69) is 10.6 Å². The second-order valence-electron chi connectivity index (χ2n) is 6.23. The molecule has 0 fully saturated rings. The summed E-state index contributed by atoms with van der Waals surface area (Å²) in [6.45, 7) is 0.0847. The van der Waals surface area contributed by atoms with Crippen molar-refractivity contribution in [2.24, 2.45) is 0 Å². The molecule has 3 rings (SSSR count). The summed E-state index contributed by atoms with van der Waals surface area (Å²) in [7, 11) is 0. The first-order valence-corrected chi connectivity index (χ1v) is 8.46. The number of carboxylic acid groups (broad SMARTS) is 1. The molecule has 136 valence electrons. The topological polar surface area (TPSA) is 105 Å². The molecule has 0 spiro atoms. The van der Waals surface area contributed by atoms with Crippen LogP contribution in [0.5, 0.6) is 0 Å². The van der Waals surface area contributed by atoms with Gasteiger partial charge in [0, 0.05) is 5.69 Å². The van der Waals surface area contributed by atoms with Gasteiger partial charge in [-0.3, -0.25) is 4.79 Å². The van der Waals surface area contributed by atoms with Crippen molar-refractivity contribution in [3.05, 3.63) is 53.6 Å². The van der Waals surface area contributed by atoms with Gasteiger partial charge in [-0.2, -0.15) is 0 Å². The molecule has 2 aliphatic rings. The zero-order valence-electron chi connectivity index (χ0n) is 14.1. The molecule has 1 unspecified atom stereocenters. The van der Waals surface area contributed by atoms with Crippen LogP contribution >= 0.6 is 0 Å². The number of anilines is 1. The number of carbonyl (C=O) groups excluding carboxylic acids is 2. The third kappa shape index (κ3) is 4.11. The van der Waals surface area contributed by atoms with Gasteiger partial charge in [0.15, 0.2) is 0 Å². The molecule has 2 atom stereocenters. The summed E-state index contributed by atoms with van der Waals surface area (Å²) in [4.78, 5) is 35.6. The number of amides is 2. The van der Waals surface area contributed by atoms with E-state index in [4.69, 9.17) is 4.74 Å². The maximum Gasteiger partial charge on any atom is 0.408 e. The van der Waals surface area contributed by atoms with Gasteiger partial charge in [0.2, 0.25) is 5.91 Å². The molecule has 1 aromatic carbocycles. The van der Waals surface area contributed by atoms with E-state index in [1.54, 1.807) is 24.3 Å². The van der Waals surface area contributed by atoms with Gasteiger partial charge < -0.3 is 20.5 Å². The van der Waals surface area contributed by atoms with E-state index in [1.807, 2.05) is 18.2 Å². The maximum absolute atomic E-state index is 12.1. The number of hydrogen-bond acceptors (Lipinski definition) is 4. The predicted molar refractivity (Wildman–Crippen MR) is 94.8 cm³/mol. The van der Waals surface area contributed by atoms with Gasteiger partial charge in [0.25, 0.3) is 0 Å². The molecule has 0 saturated heterocycles. The molecule has 0 aromatic heterocycles. The normalized spacial score (nSPS) is 19.2. The Balaban J connectivity index is 1.60. The summed E-state index contributed by atoms with van der Waals surface area (Å²) >= 11 is 0. The van der Waals surface area contributed by atoms with Crippen molar-refractivity contribution in [3.63, 3.8) is 0 Å². The Morgan fingerprint density at radius 3 is 2.85 bits per heavy atom. The molecule has 1 aromatic rings. The Hall–Kier alpha value is -3.09. The van der Waals surface area contributed by atoms with Crippen molar-refractivity contribution in [1.29, 1.82) is 0 Å². The fourth-order valence-corrected chi connectivity index (χ4v) is 3.07. The number of carboxylic acids is 1. The second-order valence-corrected chi connectivity index (χ2v) is 6.23. The van der Waals surface area contributed by atoms with Crippen LogP contribution in [0.15, 0.2) is 48.1 Å². The second kappa shape index (κ2) is 7.86. The SMILES string of the molecule is O=C(N[C@@H](CC1C(=O)Nc2ccccc21)C(=O)O)OCC1=CCCC=C1. The summed E-state index contributed by atoms with van der Waals surface area (Å²) in [5.41, 5.74) is 2.28. The Bertz CT molecular complexity index is 784. The molecule has 7 heteroatoms. The van der Waals surface area contributed by atoms with E-state index in [0.717, 1.165) is 24.0 Å². The molecule has 7 nitrogen and oxygen atoms in total. The van der Waals surface area contributed by atoms with Gasteiger partial charge in [0.05, 0.1) is 5.92 Å². The number of fused-ring (bicyclic) bond motifs is 1. The average Bonchev–Trinajstić information content (AvgIpc) is 2.95. The first-order chi connectivity index (χ1) is 12.5. The van der Waals surface area contributed by atoms with Crippen LogP contribution in [0.25, 0.3) is 0 Å². The highest BCUT2D eigenvalue weighted by atomic mass is 16.5. The Kier molecular flexibility index (Phi) is 5.36. The quantitative estimate of drug-likeness (QED) is 0.727. The van der Waals surface area contributed by atoms with Crippen LogP contribution in [-0.2, 0) is 14.3 Å². The average molecular weight is 356 g/mol. The van der Waals surface area contributed by atoms with Crippen LogP contribution in [0, 0.1) is 0 Å². The monoisotopic (exact) mass is 356 g/mol. The van der Waals surface area contributed by atoms with Gasteiger partial charge in [-0.1, -0.05) is 36.4 Å². The number of allylic oxidation sites excluding steroid dienone is 2. The number of ether oxygens (including phenoxy) is 1. The zero-order chi connectivity index (χ0) is 18.5. The third-order valence-electron chi connectivity index (χ3n) is 4.41. The maximum atomic E-state index is 12.1. The van der Waals surface area contributed by atoms with E-state index >= 15 is 0 Å². The Morgan fingerprint density at radius 2 is 2.12 bits per heavy atom. The fraction of sp³-hybridized carbons (Fsp3) is 0.316. The smallest absolute Gasteiger partial charge is 0.408 e. The van der Waals surface area contributed by atoms with Crippen LogP contribution in [-0.4, -0.2) is 35.7 Å². The molecule has 0 radical (unpaired) electrons. The van der Waals surface area contributed by atoms with Crippen molar-refractivity contribution in [1.82, 2.24) is 5.32 Å². The predicted octanol–water partition coefficient (Wildman–Crippen LogP) is 2.57. The lowest BCUT2D eigenvalue weighted by atomic mass is 9.93. The number of para-hydroxylation sites is 1. The molecular formula is C19H20N2O5. The summed E-state index contributed by atoms with van der Waals surface area (Å²) in [5, 5.41) is 14.5. The summed E-state index contributed by atoms with van der Waals surface area (Å²) in [5.74, 6) is -2.11. The van der Waals surface area contributed by atoms with Gasteiger partial charge in [-0.15, -0.1) is 0 Å². The Morgan fingerprint density at radius 1 is 1.31 bits per heavy atom. The van der Waals surface area contributed by atoms with Crippen LogP contribution in [0.3, 0.4) is 0 Å². The van der Waals surface area contributed by atoms with Crippen LogP contribution < -0.4 is 10.6 Å². The van der Waals surface area contributed by atoms with E-state index in [-0.39, 0.29) is 18.9 Å². The highest BCUT2D eigenvalue weighted by Crippen LogP contribution is 2.35. The summed E-state index contributed by atoms with van der Waals surface area (Å²) in [6.07, 6.45) is 6.84. The van der Waals surface area contributed by atoms with E-state index in [1.165, 1.54) is 0 Å². The molecule has 26 heavy (non-hydrogen) atoms. The highest BCUT2D eigenvalue weighted by Gasteiger charge is 2.35. The molecule has 0 bridgehead atoms. The van der Waals surface area contributed by atoms with Crippen molar-refractivity contribution < 1.29 is 24.2 Å². The lowest BCUT2D eigenvalue weighted by Gasteiger charge is -2.18. The first-order valence-electron chi connectivity index (χ1n) is 8.46. The number of rotatable bonds is 6. The minimum Gasteiger partial charge on any atom is -0.480 e. The van der Waals surface area contributed by atoms with Gasteiger partial charge >= 0.3 is 12.1 Å². The molecule has 2 amide bonds. The van der Waals surface area contributed by atoms with Crippen molar-refractivity contribution in [2.45, 2.75) is 31.2 Å². The van der Waals surface area contributed by atoms with Crippen molar-refractivity contribution >= 4 is 23.7 Å².